The molecular formula is C16H14F3N5O2S. The van der Waals surface area contributed by atoms with Crippen molar-refractivity contribution in [3.8, 4) is 0 Å². The van der Waals surface area contributed by atoms with E-state index in [1.165, 1.54) is 21.8 Å². The normalized spacial score (nSPS) is 11.5. The Kier molecular flexibility index (Phi) is 5.40. The number of carbonyl (C=O) groups excluding carboxylic acids is 2. The molecule has 11 heteroatoms. The van der Waals surface area contributed by atoms with Gasteiger partial charge in [-0.15, -0.1) is 21.5 Å². The lowest BCUT2D eigenvalue weighted by Gasteiger charge is -2.08. The van der Waals surface area contributed by atoms with Crippen LogP contribution < -0.4 is 10.6 Å². The van der Waals surface area contributed by atoms with Crippen LogP contribution in [0, 0.1) is 0 Å². The van der Waals surface area contributed by atoms with Crippen LogP contribution in [-0.2, 0) is 17.5 Å². The van der Waals surface area contributed by atoms with Crippen molar-refractivity contribution in [2.24, 2.45) is 0 Å². The first-order valence-electron chi connectivity index (χ1n) is 7.84. The molecule has 0 saturated carbocycles. The number of amides is 2. The van der Waals surface area contributed by atoms with Crippen molar-refractivity contribution in [3.05, 3.63) is 52.1 Å². The Balaban J connectivity index is 1.53. The topological polar surface area (TPSA) is 88.4 Å². The molecule has 3 aromatic rings. The van der Waals surface area contributed by atoms with Crippen molar-refractivity contribution in [3.63, 3.8) is 0 Å². The van der Waals surface area contributed by atoms with Crippen molar-refractivity contribution in [1.82, 2.24) is 25.2 Å². The molecule has 7 nitrogen and oxygen atoms in total. The van der Waals surface area contributed by atoms with E-state index in [2.05, 4.69) is 20.8 Å². The number of hydrogen-bond donors (Lipinski definition) is 2. The SMILES string of the molecule is O=C(CCNC(=O)c1cccs1)NCc1nnc2ccc(C(F)(F)F)cn12. The Hall–Kier alpha value is -2.95. The summed E-state index contributed by atoms with van der Waals surface area (Å²) in [6.07, 6.45) is -3.57. The molecule has 0 aromatic carbocycles. The maximum Gasteiger partial charge on any atom is 0.417 e. The van der Waals surface area contributed by atoms with Crippen LogP contribution in [0.25, 0.3) is 5.65 Å². The number of nitrogens with zero attached hydrogens (tertiary/aromatic N) is 3. The number of aromatic nitrogens is 3. The molecule has 0 saturated heterocycles. The third kappa shape index (κ3) is 4.61. The predicted molar refractivity (Wildman–Crippen MR) is 91.1 cm³/mol. The number of fused-ring (bicyclic) bond motifs is 1. The second-order valence-corrected chi connectivity index (χ2v) is 6.47. The molecule has 3 aromatic heterocycles. The van der Waals surface area contributed by atoms with Gasteiger partial charge < -0.3 is 10.6 Å². The lowest BCUT2D eigenvalue weighted by atomic mass is 10.3. The molecule has 142 valence electrons. The van der Waals surface area contributed by atoms with Crippen molar-refractivity contribution < 1.29 is 22.8 Å². The summed E-state index contributed by atoms with van der Waals surface area (Å²) in [5.74, 6) is -0.460. The van der Waals surface area contributed by atoms with Crippen molar-refractivity contribution in [1.29, 1.82) is 0 Å². The summed E-state index contributed by atoms with van der Waals surface area (Å²) >= 11 is 1.29. The van der Waals surface area contributed by atoms with Gasteiger partial charge in [0.05, 0.1) is 17.0 Å². The van der Waals surface area contributed by atoms with E-state index in [0.717, 1.165) is 12.3 Å². The zero-order chi connectivity index (χ0) is 19.4. The lowest BCUT2D eigenvalue weighted by Crippen LogP contribution is -2.30. The van der Waals surface area contributed by atoms with Gasteiger partial charge in [0.1, 0.15) is 0 Å². The van der Waals surface area contributed by atoms with Gasteiger partial charge in [-0.25, -0.2) is 0 Å². The zero-order valence-electron chi connectivity index (χ0n) is 13.8. The highest BCUT2D eigenvalue weighted by atomic mass is 32.1. The lowest BCUT2D eigenvalue weighted by molar-refractivity contribution is -0.137. The van der Waals surface area contributed by atoms with Crippen LogP contribution in [0.5, 0.6) is 0 Å². The number of pyridine rings is 1. The molecular weight excluding hydrogens is 383 g/mol. The van der Waals surface area contributed by atoms with Gasteiger partial charge in [0, 0.05) is 19.2 Å². The number of halogens is 3. The highest BCUT2D eigenvalue weighted by molar-refractivity contribution is 7.12. The Morgan fingerprint density at radius 3 is 2.67 bits per heavy atom. The summed E-state index contributed by atoms with van der Waals surface area (Å²) in [6.45, 7) is 0.0571. The van der Waals surface area contributed by atoms with Crippen LogP contribution in [0.1, 0.15) is 27.5 Å². The summed E-state index contributed by atoms with van der Waals surface area (Å²) in [6, 6.07) is 5.55. The molecule has 0 bridgehead atoms. The molecule has 0 radical (unpaired) electrons. The van der Waals surface area contributed by atoms with Crippen LogP contribution >= 0.6 is 11.3 Å². The quantitative estimate of drug-likeness (QED) is 0.668. The van der Waals surface area contributed by atoms with E-state index in [9.17, 15) is 22.8 Å². The maximum atomic E-state index is 12.8. The average molecular weight is 397 g/mol. The van der Waals surface area contributed by atoms with Crippen LogP contribution in [0.15, 0.2) is 35.8 Å². The predicted octanol–water partition coefficient (Wildman–Crippen LogP) is 2.25. The van der Waals surface area contributed by atoms with Gasteiger partial charge in [-0.05, 0) is 23.6 Å². The first kappa shape index (κ1) is 18.8. The van der Waals surface area contributed by atoms with E-state index in [0.29, 0.717) is 4.88 Å². The minimum atomic E-state index is -4.49. The minimum absolute atomic E-state index is 0.0294. The largest absolute Gasteiger partial charge is 0.417 e. The molecule has 0 fully saturated rings. The Morgan fingerprint density at radius 2 is 1.96 bits per heavy atom. The van der Waals surface area contributed by atoms with E-state index in [-0.39, 0.29) is 42.8 Å². The number of rotatable bonds is 6. The molecule has 2 amide bonds. The maximum absolute atomic E-state index is 12.8. The molecule has 3 heterocycles. The molecule has 0 atom stereocenters. The van der Waals surface area contributed by atoms with Crippen molar-refractivity contribution in [2.45, 2.75) is 19.1 Å². The third-order valence-electron chi connectivity index (χ3n) is 3.63. The molecule has 0 unspecified atom stereocenters. The minimum Gasteiger partial charge on any atom is -0.351 e. The number of alkyl halides is 3. The molecule has 0 aliphatic rings. The first-order valence-corrected chi connectivity index (χ1v) is 8.72. The third-order valence-corrected chi connectivity index (χ3v) is 4.50. The smallest absolute Gasteiger partial charge is 0.351 e. The van der Waals surface area contributed by atoms with Gasteiger partial charge in [0.15, 0.2) is 11.5 Å². The second kappa shape index (κ2) is 7.74. The number of carbonyl (C=O) groups is 2. The van der Waals surface area contributed by atoms with Gasteiger partial charge in [-0.3, -0.25) is 14.0 Å². The highest BCUT2D eigenvalue weighted by Crippen LogP contribution is 2.29. The van der Waals surface area contributed by atoms with E-state index < -0.39 is 11.7 Å². The van der Waals surface area contributed by atoms with E-state index in [4.69, 9.17) is 0 Å². The Morgan fingerprint density at radius 1 is 1.15 bits per heavy atom. The number of nitrogens with one attached hydrogen (secondary N) is 2. The number of thiophene rings is 1. The summed E-state index contributed by atoms with van der Waals surface area (Å²) in [7, 11) is 0. The monoisotopic (exact) mass is 397 g/mol. The molecule has 27 heavy (non-hydrogen) atoms. The average Bonchev–Trinajstić information content (AvgIpc) is 3.28. The summed E-state index contributed by atoms with van der Waals surface area (Å²) < 4.78 is 39.6. The fraction of sp³-hybridized carbons (Fsp3) is 0.250. The summed E-state index contributed by atoms with van der Waals surface area (Å²) in [4.78, 5) is 24.2. The Labute approximate surface area is 155 Å². The molecule has 3 rings (SSSR count). The highest BCUT2D eigenvalue weighted by Gasteiger charge is 2.31. The fourth-order valence-corrected chi connectivity index (χ4v) is 2.92. The van der Waals surface area contributed by atoms with Gasteiger partial charge in [0.2, 0.25) is 5.91 Å². The van der Waals surface area contributed by atoms with Crippen LogP contribution in [0.2, 0.25) is 0 Å². The van der Waals surface area contributed by atoms with Crippen molar-refractivity contribution >= 4 is 28.8 Å². The molecule has 0 spiro atoms. The first-order chi connectivity index (χ1) is 12.8. The summed E-state index contributed by atoms with van der Waals surface area (Å²) in [5, 5.41) is 14.5. The van der Waals surface area contributed by atoms with Crippen LogP contribution in [-0.4, -0.2) is 33.0 Å². The van der Waals surface area contributed by atoms with Gasteiger partial charge in [-0.1, -0.05) is 6.07 Å². The molecule has 2 N–H and O–H groups in total. The van der Waals surface area contributed by atoms with E-state index in [1.807, 2.05) is 0 Å². The van der Waals surface area contributed by atoms with Crippen LogP contribution in [0.3, 0.4) is 0 Å². The zero-order valence-corrected chi connectivity index (χ0v) is 14.6. The van der Waals surface area contributed by atoms with Gasteiger partial charge in [-0.2, -0.15) is 13.2 Å². The summed E-state index contributed by atoms with van der Waals surface area (Å²) in [5.41, 5.74) is -0.589. The Bertz CT molecular complexity index is 953. The number of hydrogen-bond acceptors (Lipinski definition) is 5. The second-order valence-electron chi connectivity index (χ2n) is 5.52. The fourth-order valence-electron chi connectivity index (χ4n) is 2.28. The van der Waals surface area contributed by atoms with E-state index in [1.54, 1.807) is 17.5 Å². The molecule has 0 aliphatic heterocycles. The van der Waals surface area contributed by atoms with Crippen LogP contribution in [0.4, 0.5) is 13.2 Å². The van der Waals surface area contributed by atoms with Crippen molar-refractivity contribution in [2.75, 3.05) is 6.54 Å². The molecule has 0 aliphatic carbocycles. The van der Waals surface area contributed by atoms with E-state index >= 15 is 0 Å². The standard InChI is InChI=1S/C16H14F3N5O2S/c17-16(18,19)10-3-4-12-22-23-13(24(12)9-10)8-21-14(25)5-6-20-15(26)11-2-1-7-27-11/h1-4,7,9H,5-6,8H2,(H,20,26)(H,21,25). The van der Waals surface area contributed by atoms with Gasteiger partial charge >= 0.3 is 6.18 Å². The van der Waals surface area contributed by atoms with Gasteiger partial charge in [0.25, 0.3) is 5.91 Å².